The molecule has 0 spiro atoms. The summed E-state index contributed by atoms with van der Waals surface area (Å²) in [4.78, 5) is 14.8. The number of fused-ring (bicyclic) bond motifs is 3. The van der Waals surface area contributed by atoms with E-state index in [1.165, 1.54) is 12.1 Å². The van der Waals surface area contributed by atoms with Gasteiger partial charge in [0.15, 0.2) is 17.5 Å². The van der Waals surface area contributed by atoms with E-state index in [0.717, 1.165) is 50.1 Å². The molecule has 2 heterocycles. The zero-order valence-electron chi connectivity index (χ0n) is 28.1. The predicted molar refractivity (Wildman–Crippen MR) is 206 cm³/mol. The van der Waals surface area contributed by atoms with Crippen molar-refractivity contribution in [1.29, 1.82) is 5.26 Å². The summed E-state index contributed by atoms with van der Waals surface area (Å²) in [7, 11) is 0. The van der Waals surface area contributed by atoms with Gasteiger partial charge in [0.25, 0.3) is 0 Å². The van der Waals surface area contributed by atoms with Crippen molar-refractivity contribution in [3.63, 3.8) is 0 Å². The highest BCUT2D eigenvalue weighted by Gasteiger charge is 2.21. The molecule has 0 saturated carbocycles. The first-order valence-electron chi connectivity index (χ1n) is 17.1. The fourth-order valence-corrected chi connectivity index (χ4v) is 6.96. The van der Waals surface area contributed by atoms with Crippen LogP contribution in [0.3, 0.4) is 0 Å². The van der Waals surface area contributed by atoms with E-state index >= 15 is 4.39 Å². The molecule has 0 atom stereocenters. The van der Waals surface area contributed by atoms with Crippen LogP contribution >= 0.6 is 0 Å². The third-order valence-corrected chi connectivity index (χ3v) is 9.45. The standard InChI is InChI=1S/C46H27F2N5/c47-34-21-24-36(40(48)27-34)38-23-20-32(46-51-44(29-11-3-1-4-12-29)50-45(52-46)30-13-5-2-6-14-30)26-43(38)53-41-18-10-9-17-37(41)39-22-19-31(25-42(39)53)35-16-8-7-15-33(35)28-49/h1-27H. The van der Waals surface area contributed by atoms with Crippen molar-refractivity contribution in [1.82, 2.24) is 19.5 Å². The fourth-order valence-electron chi connectivity index (χ4n) is 6.96. The summed E-state index contributed by atoms with van der Waals surface area (Å²) >= 11 is 0. The molecule has 0 fully saturated rings. The molecule has 9 aromatic rings. The van der Waals surface area contributed by atoms with Gasteiger partial charge in [0, 0.05) is 44.7 Å². The highest BCUT2D eigenvalue weighted by molar-refractivity contribution is 6.11. The molecule has 9 rings (SSSR count). The molecular formula is C46H27F2N5. The van der Waals surface area contributed by atoms with Crippen LogP contribution in [0, 0.1) is 23.0 Å². The van der Waals surface area contributed by atoms with Gasteiger partial charge in [-0.15, -0.1) is 0 Å². The molecule has 0 amide bonds. The number of benzene rings is 7. The Kier molecular flexibility index (Phi) is 7.83. The zero-order valence-corrected chi connectivity index (χ0v) is 28.1. The van der Waals surface area contributed by atoms with Crippen LogP contribution in [0.1, 0.15) is 5.56 Å². The molecule has 7 aromatic carbocycles. The van der Waals surface area contributed by atoms with Crippen LogP contribution in [0.4, 0.5) is 8.78 Å². The Labute approximate surface area is 303 Å². The van der Waals surface area contributed by atoms with Gasteiger partial charge in [-0.2, -0.15) is 5.26 Å². The van der Waals surface area contributed by atoms with E-state index in [1.807, 2.05) is 121 Å². The van der Waals surface area contributed by atoms with Crippen LogP contribution in [-0.2, 0) is 0 Å². The summed E-state index contributed by atoms with van der Waals surface area (Å²) in [5.74, 6) is 0.134. The van der Waals surface area contributed by atoms with Crippen LogP contribution in [0.25, 0.3) is 83.9 Å². The Morgan fingerprint density at radius 3 is 1.74 bits per heavy atom. The fraction of sp³-hybridized carbons (Fsp3) is 0. The van der Waals surface area contributed by atoms with Gasteiger partial charge in [-0.25, -0.2) is 23.7 Å². The number of nitriles is 1. The summed E-state index contributed by atoms with van der Waals surface area (Å²) in [5, 5.41) is 11.9. The maximum atomic E-state index is 15.7. The van der Waals surface area contributed by atoms with E-state index in [2.05, 4.69) is 28.8 Å². The molecule has 0 aliphatic rings. The molecule has 0 bridgehead atoms. The molecule has 0 radical (unpaired) electrons. The molecule has 7 heteroatoms. The highest BCUT2D eigenvalue weighted by Crippen LogP contribution is 2.40. The molecule has 0 saturated heterocycles. The molecular weight excluding hydrogens is 661 g/mol. The number of hydrogen-bond acceptors (Lipinski definition) is 4. The van der Waals surface area contributed by atoms with E-state index < -0.39 is 11.6 Å². The summed E-state index contributed by atoms with van der Waals surface area (Å²) in [5.41, 5.74) is 7.77. The van der Waals surface area contributed by atoms with Gasteiger partial charge in [-0.1, -0.05) is 121 Å². The van der Waals surface area contributed by atoms with Gasteiger partial charge in [0.05, 0.1) is 28.4 Å². The monoisotopic (exact) mass is 687 g/mol. The van der Waals surface area contributed by atoms with Gasteiger partial charge in [-0.3, -0.25) is 0 Å². The second kappa shape index (κ2) is 13.1. The second-order valence-corrected chi connectivity index (χ2v) is 12.6. The molecule has 0 aliphatic heterocycles. The minimum Gasteiger partial charge on any atom is -0.309 e. The van der Waals surface area contributed by atoms with E-state index in [1.54, 1.807) is 6.07 Å². The number of rotatable bonds is 6. The first-order valence-corrected chi connectivity index (χ1v) is 17.1. The summed E-state index contributed by atoms with van der Waals surface area (Å²) in [6.07, 6.45) is 0. The summed E-state index contributed by atoms with van der Waals surface area (Å²) in [6.45, 7) is 0. The van der Waals surface area contributed by atoms with Crippen molar-refractivity contribution in [2.75, 3.05) is 0 Å². The van der Waals surface area contributed by atoms with Crippen molar-refractivity contribution in [3.8, 4) is 68.2 Å². The molecule has 0 unspecified atom stereocenters. The Morgan fingerprint density at radius 1 is 0.453 bits per heavy atom. The molecule has 0 aliphatic carbocycles. The number of para-hydroxylation sites is 1. The number of aromatic nitrogens is 4. The highest BCUT2D eigenvalue weighted by atomic mass is 19.1. The third-order valence-electron chi connectivity index (χ3n) is 9.45. The Hall–Kier alpha value is -7.30. The number of hydrogen-bond donors (Lipinski definition) is 0. The van der Waals surface area contributed by atoms with Crippen LogP contribution in [0.2, 0.25) is 0 Å². The largest absolute Gasteiger partial charge is 0.309 e. The van der Waals surface area contributed by atoms with E-state index in [9.17, 15) is 9.65 Å². The van der Waals surface area contributed by atoms with Gasteiger partial charge in [0.1, 0.15) is 11.6 Å². The van der Waals surface area contributed by atoms with E-state index in [0.29, 0.717) is 39.9 Å². The first-order chi connectivity index (χ1) is 26.1. The van der Waals surface area contributed by atoms with Crippen molar-refractivity contribution in [3.05, 3.63) is 181 Å². The van der Waals surface area contributed by atoms with Gasteiger partial charge in [-0.05, 0) is 47.5 Å². The average molecular weight is 688 g/mol. The lowest BCUT2D eigenvalue weighted by atomic mass is 9.98. The van der Waals surface area contributed by atoms with Gasteiger partial charge >= 0.3 is 0 Å². The Bertz CT molecular complexity index is 2820. The van der Waals surface area contributed by atoms with Crippen molar-refractivity contribution in [2.24, 2.45) is 0 Å². The average Bonchev–Trinajstić information content (AvgIpc) is 3.54. The summed E-state index contributed by atoms with van der Waals surface area (Å²) < 4.78 is 32.1. The smallest absolute Gasteiger partial charge is 0.164 e. The molecule has 0 N–H and O–H groups in total. The molecule has 2 aromatic heterocycles. The quantitative estimate of drug-likeness (QED) is 0.174. The second-order valence-electron chi connectivity index (χ2n) is 12.6. The van der Waals surface area contributed by atoms with Crippen LogP contribution in [0.15, 0.2) is 164 Å². The number of nitrogens with zero attached hydrogens (tertiary/aromatic N) is 5. The molecule has 5 nitrogen and oxygen atoms in total. The minimum atomic E-state index is -0.679. The Balaban J connectivity index is 1.35. The predicted octanol–water partition coefficient (Wildman–Crippen LogP) is 11.5. The van der Waals surface area contributed by atoms with E-state index in [-0.39, 0.29) is 5.56 Å². The number of halogens is 2. The normalized spacial score (nSPS) is 11.2. The SMILES string of the molecule is N#Cc1ccccc1-c1ccc2c3ccccc3n(-c3cc(-c4nc(-c5ccccc5)nc(-c5ccccc5)n4)ccc3-c3ccc(F)cc3F)c2c1. The Morgan fingerprint density at radius 2 is 1.04 bits per heavy atom. The topological polar surface area (TPSA) is 67.4 Å². The lowest BCUT2D eigenvalue weighted by Crippen LogP contribution is -2.03. The van der Waals surface area contributed by atoms with Crippen LogP contribution in [-0.4, -0.2) is 19.5 Å². The zero-order chi connectivity index (χ0) is 35.9. The minimum absolute atomic E-state index is 0.246. The molecule has 53 heavy (non-hydrogen) atoms. The third kappa shape index (κ3) is 5.69. The first kappa shape index (κ1) is 31.7. The van der Waals surface area contributed by atoms with Crippen LogP contribution < -0.4 is 0 Å². The van der Waals surface area contributed by atoms with Crippen molar-refractivity contribution in [2.45, 2.75) is 0 Å². The van der Waals surface area contributed by atoms with Crippen LogP contribution in [0.5, 0.6) is 0 Å². The lowest BCUT2D eigenvalue weighted by molar-refractivity contribution is 0.585. The van der Waals surface area contributed by atoms with Gasteiger partial charge in [0.2, 0.25) is 0 Å². The summed E-state index contributed by atoms with van der Waals surface area (Å²) in [6, 6.07) is 52.8. The lowest BCUT2D eigenvalue weighted by Gasteiger charge is -2.17. The molecule has 250 valence electrons. The van der Waals surface area contributed by atoms with E-state index in [4.69, 9.17) is 15.0 Å². The maximum Gasteiger partial charge on any atom is 0.164 e. The van der Waals surface area contributed by atoms with Gasteiger partial charge < -0.3 is 4.57 Å². The van der Waals surface area contributed by atoms with Crippen molar-refractivity contribution < 1.29 is 8.78 Å². The van der Waals surface area contributed by atoms with Crippen molar-refractivity contribution >= 4 is 21.8 Å². The maximum absolute atomic E-state index is 15.7.